The molecule has 0 bridgehead atoms. The van der Waals surface area contributed by atoms with E-state index in [4.69, 9.17) is 11.6 Å². The fraction of sp³-hybridized carbons (Fsp3) is 0.0769. The van der Waals surface area contributed by atoms with Crippen LogP contribution in [0.4, 0.5) is 11.5 Å². The first-order valence-electron chi connectivity index (χ1n) is 5.77. The third kappa shape index (κ3) is 2.00. The SMILES string of the molecule is CN1C(=O)c2ccc(Nc3cncc(Cl)n3)cc2C1=O. The summed E-state index contributed by atoms with van der Waals surface area (Å²) in [6.07, 6.45) is 2.94. The van der Waals surface area contributed by atoms with Crippen molar-refractivity contribution in [2.24, 2.45) is 0 Å². The molecule has 0 saturated heterocycles. The van der Waals surface area contributed by atoms with Gasteiger partial charge in [-0.3, -0.25) is 19.5 Å². The Morgan fingerprint density at radius 1 is 1.15 bits per heavy atom. The van der Waals surface area contributed by atoms with Gasteiger partial charge in [-0.05, 0) is 18.2 Å². The van der Waals surface area contributed by atoms with Crippen molar-refractivity contribution in [1.29, 1.82) is 0 Å². The lowest BCUT2D eigenvalue weighted by atomic mass is 10.1. The van der Waals surface area contributed by atoms with Crippen LogP contribution in [-0.4, -0.2) is 33.7 Å². The summed E-state index contributed by atoms with van der Waals surface area (Å²) in [6.45, 7) is 0. The Bertz CT molecular complexity index is 732. The number of benzene rings is 1. The smallest absolute Gasteiger partial charge is 0.261 e. The number of nitrogens with zero attached hydrogens (tertiary/aromatic N) is 3. The average Bonchev–Trinajstić information content (AvgIpc) is 2.64. The minimum Gasteiger partial charge on any atom is -0.339 e. The maximum absolute atomic E-state index is 11.9. The first kappa shape index (κ1) is 12.6. The summed E-state index contributed by atoms with van der Waals surface area (Å²) in [5.41, 5.74) is 1.41. The number of nitrogens with one attached hydrogen (secondary N) is 1. The van der Waals surface area contributed by atoms with Crippen LogP contribution < -0.4 is 5.32 Å². The highest BCUT2D eigenvalue weighted by molar-refractivity contribution is 6.29. The quantitative estimate of drug-likeness (QED) is 0.857. The Labute approximate surface area is 119 Å². The first-order valence-corrected chi connectivity index (χ1v) is 6.15. The van der Waals surface area contributed by atoms with Gasteiger partial charge in [-0.25, -0.2) is 4.98 Å². The molecule has 6 nitrogen and oxygen atoms in total. The minimum absolute atomic E-state index is 0.266. The van der Waals surface area contributed by atoms with Gasteiger partial charge in [0.1, 0.15) is 5.15 Å². The normalized spacial score (nSPS) is 13.6. The van der Waals surface area contributed by atoms with E-state index in [1.807, 2.05) is 0 Å². The van der Waals surface area contributed by atoms with Crippen molar-refractivity contribution in [2.45, 2.75) is 0 Å². The van der Waals surface area contributed by atoms with E-state index in [-0.39, 0.29) is 17.0 Å². The lowest BCUT2D eigenvalue weighted by molar-refractivity contribution is 0.0693. The summed E-state index contributed by atoms with van der Waals surface area (Å²) in [5.74, 6) is -0.146. The number of amides is 2. The van der Waals surface area contributed by atoms with Gasteiger partial charge in [0.05, 0.1) is 23.5 Å². The molecule has 0 atom stereocenters. The molecule has 0 unspecified atom stereocenters. The number of rotatable bonds is 2. The van der Waals surface area contributed by atoms with Crippen LogP contribution in [0.2, 0.25) is 5.15 Å². The Hall–Kier alpha value is -2.47. The van der Waals surface area contributed by atoms with Crippen molar-refractivity contribution in [1.82, 2.24) is 14.9 Å². The zero-order valence-electron chi connectivity index (χ0n) is 10.4. The molecule has 2 heterocycles. The van der Waals surface area contributed by atoms with Crippen LogP contribution >= 0.6 is 11.6 Å². The standard InChI is InChI=1S/C13H9ClN4O2/c1-18-12(19)8-3-2-7(4-9(8)13(18)20)16-11-6-15-5-10(14)17-11/h2-6H,1H3,(H,16,17). The van der Waals surface area contributed by atoms with Crippen molar-refractivity contribution >= 4 is 34.9 Å². The van der Waals surface area contributed by atoms with Gasteiger partial charge in [0.25, 0.3) is 11.8 Å². The van der Waals surface area contributed by atoms with Crippen LogP contribution in [-0.2, 0) is 0 Å². The van der Waals surface area contributed by atoms with Crippen LogP contribution in [0.1, 0.15) is 20.7 Å². The molecule has 2 aromatic rings. The van der Waals surface area contributed by atoms with Crippen LogP contribution in [0.5, 0.6) is 0 Å². The Morgan fingerprint density at radius 3 is 2.65 bits per heavy atom. The van der Waals surface area contributed by atoms with Gasteiger partial charge in [-0.2, -0.15) is 0 Å². The maximum atomic E-state index is 11.9. The Balaban J connectivity index is 1.95. The van der Waals surface area contributed by atoms with E-state index in [0.717, 1.165) is 4.90 Å². The molecule has 0 saturated carbocycles. The molecule has 100 valence electrons. The van der Waals surface area contributed by atoms with Gasteiger partial charge in [0, 0.05) is 12.7 Å². The second kappa shape index (κ2) is 4.57. The number of fused-ring (bicyclic) bond motifs is 1. The van der Waals surface area contributed by atoms with Gasteiger partial charge in [-0.1, -0.05) is 11.6 Å². The van der Waals surface area contributed by atoms with Gasteiger partial charge >= 0.3 is 0 Å². The molecule has 0 spiro atoms. The summed E-state index contributed by atoms with van der Waals surface area (Å²) < 4.78 is 0. The molecule has 7 heteroatoms. The number of carbonyl (C=O) groups is 2. The zero-order chi connectivity index (χ0) is 14.3. The third-order valence-corrected chi connectivity index (χ3v) is 3.15. The molecule has 2 amide bonds. The second-order valence-electron chi connectivity index (χ2n) is 4.28. The zero-order valence-corrected chi connectivity index (χ0v) is 11.2. The molecule has 0 fully saturated rings. The molecule has 3 rings (SSSR count). The number of hydrogen-bond acceptors (Lipinski definition) is 5. The highest BCUT2D eigenvalue weighted by Crippen LogP contribution is 2.26. The van der Waals surface area contributed by atoms with Crippen molar-refractivity contribution in [3.8, 4) is 0 Å². The van der Waals surface area contributed by atoms with E-state index in [0.29, 0.717) is 22.6 Å². The number of anilines is 2. The molecule has 1 N–H and O–H groups in total. The molecule has 1 aliphatic heterocycles. The predicted molar refractivity (Wildman–Crippen MR) is 73.2 cm³/mol. The van der Waals surface area contributed by atoms with E-state index in [2.05, 4.69) is 15.3 Å². The number of imide groups is 1. The molecule has 0 aliphatic carbocycles. The number of aromatic nitrogens is 2. The molecular weight excluding hydrogens is 280 g/mol. The summed E-state index contributed by atoms with van der Waals surface area (Å²) in [6, 6.07) is 4.92. The number of carbonyl (C=O) groups excluding carboxylic acids is 2. The van der Waals surface area contributed by atoms with Gasteiger partial charge in [0.2, 0.25) is 0 Å². The third-order valence-electron chi connectivity index (χ3n) is 2.97. The Kier molecular flexibility index (Phi) is 2.87. The summed E-state index contributed by atoms with van der Waals surface area (Å²) >= 11 is 5.75. The van der Waals surface area contributed by atoms with Crippen molar-refractivity contribution in [3.63, 3.8) is 0 Å². The van der Waals surface area contributed by atoms with Crippen LogP contribution in [0.15, 0.2) is 30.6 Å². The highest BCUT2D eigenvalue weighted by Gasteiger charge is 2.32. The number of halogens is 1. The fourth-order valence-electron chi connectivity index (χ4n) is 1.99. The van der Waals surface area contributed by atoms with Crippen molar-refractivity contribution in [2.75, 3.05) is 12.4 Å². The van der Waals surface area contributed by atoms with Gasteiger partial charge in [-0.15, -0.1) is 0 Å². The predicted octanol–water partition coefficient (Wildman–Crippen LogP) is 2.10. The van der Waals surface area contributed by atoms with Crippen LogP contribution in [0.25, 0.3) is 0 Å². The van der Waals surface area contributed by atoms with Crippen molar-refractivity contribution in [3.05, 3.63) is 46.9 Å². The molecule has 20 heavy (non-hydrogen) atoms. The van der Waals surface area contributed by atoms with Gasteiger partial charge in [0.15, 0.2) is 5.82 Å². The highest BCUT2D eigenvalue weighted by atomic mass is 35.5. The lowest BCUT2D eigenvalue weighted by Gasteiger charge is -2.06. The Morgan fingerprint density at radius 2 is 1.90 bits per heavy atom. The fourth-order valence-corrected chi connectivity index (χ4v) is 2.14. The molecule has 1 aromatic heterocycles. The number of hydrogen-bond donors (Lipinski definition) is 1. The van der Waals surface area contributed by atoms with Crippen LogP contribution in [0, 0.1) is 0 Å². The maximum Gasteiger partial charge on any atom is 0.261 e. The largest absolute Gasteiger partial charge is 0.339 e. The minimum atomic E-state index is -0.314. The molecular formula is C13H9ClN4O2. The van der Waals surface area contributed by atoms with Crippen molar-refractivity contribution < 1.29 is 9.59 Å². The van der Waals surface area contributed by atoms with E-state index < -0.39 is 0 Å². The monoisotopic (exact) mass is 288 g/mol. The van der Waals surface area contributed by atoms with E-state index in [1.165, 1.54) is 19.4 Å². The van der Waals surface area contributed by atoms with E-state index in [9.17, 15) is 9.59 Å². The molecule has 1 aliphatic rings. The average molecular weight is 289 g/mol. The summed E-state index contributed by atoms with van der Waals surface area (Å²) in [4.78, 5) is 32.7. The summed E-state index contributed by atoms with van der Waals surface area (Å²) in [7, 11) is 1.46. The van der Waals surface area contributed by atoms with E-state index >= 15 is 0 Å². The first-order chi connectivity index (χ1) is 9.56. The lowest BCUT2D eigenvalue weighted by Crippen LogP contribution is -2.24. The second-order valence-corrected chi connectivity index (χ2v) is 4.67. The summed E-state index contributed by atoms with van der Waals surface area (Å²) in [5, 5.41) is 3.25. The van der Waals surface area contributed by atoms with E-state index in [1.54, 1.807) is 18.2 Å². The molecule has 0 radical (unpaired) electrons. The van der Waals surface area contributed by atoms with Crippen LogP contribution in [0.3, 0.4) is 0 Å². The topological polar surface area (TPSA) is 75.2 Å². The molecule has 1 aromatic carbocycles. The van der Waals surface area contributed by atoms with Gasteiger partial charge < -0.3 is 5.32 Å².